The standard InChI is InChI=1S/C35H50N2O3S/c1-4-6-8-10-11-12-13-14-15-17-25-39-31-21-19-29(20-22-31)34-36-26-30(27-37-34)32-23-24-33(41-32)35(38)40-28(3)18-16-9-7-5-2/h19-24,26-28H,4-18,25H2,1-3H3. The van der Waals surface area contributed by atoms with Gasteiger partial charge >= 0.3 is 5.97 Å². The molecule has 5 nitrogen and oxygen atoms in total. The minimum Gasteiger partial charge on any atom is -0.494 e. The molecule has 41 heavy (non-hydrogen) atoms. The average Bonchev–Trinajstić information content (AvgIpc) is 3.49. The smallest absolute Gasteiger partial charge is 0.348 e. The molecule has 0 bridgehead atoms. The molecular formula is C35H50N2O3S. The summed E-state index contributed by atoms with van der Waals surface area (Å²) in [5, 5.41) is 0. The van der Waals surface area contributed by atoms with Gasteiger partial charge in [0.15, 0.2) is 5.82 Å². The Labute approximate surface area is 252 Å². The Hall–Kier alpha value is -2.73. The van der Waals surface area contributed by atoms with Crippen LogP contribution in [0.25, 0.3) is 21.8 Å². The van der Waals surface area contributed by atoms with E-state index in [-0.39, 0.29) is 12.1 Å². The quantitative estimate of drug-likeness (QED) is 0.0929. The van der Waals surface area contributed by atoms with Crippen molar-refractivity contribution in [2.45, 2.75) is 123 Å². The molecule has 0 radical (unpaired) electrons. The predicted molar refractivity (Wildman–Crippen MR) is 172 cm³/mol. The fourth-order valence-corrected chi connectivity index (χ4v) is 5.71. The third-order valence-electron chi connectivity index (χ3n) is 7.40. The van der Waals surface area contributed by atoms with Crippen molar-refractivity contribution in [3.8, 4) is 27.6 Å². The molecule has 0 aliphatic heterocycles. The normalized spacial score (nSPS) is 11.9. The van der Waals surface area contributed by atoms with Crippen LogP contribution in [0.3, 0.4) is 0 Å². The molecule has 0 amide bonds. The Morgan fingerprint density at radius 2 is 1.32 bits per heavy atom. The summed E-state index contributed by atoms with van der Waals surface area (Å²) in [7, 11) is 0. The molecule has 2 heterocycles. The molecule has 0 saturated heterocycles. The van der Waals surface area contributed by atoms with Crippen LogP contribution in [-0.2, 0) is 4.74 Å². The second-order valence-electron chi connectivity index (χ2n) is 11.1. The zero-order valence-corrected chi connectivity index (χ0v) is 26.4. The number of thiophene rings is 1. The number of carbonyl (C=O) groups is 1. The van der Waals surface area contributed by atoms with Gasteiger partial charge in [-0.05, 0) is 62.6 Å². The molecule has 0 spiro atoms. The average molecular weight is 579 g/mol. The van der Waals surface area contributed by atoms with E-state index < -0.39 is 0 Å². The highest BCUT2D eigenvalue weighted by atomic mass is 32.1. The Kier molecular flexibility index (Phi) is 15.5. The van der Waals surface area contributed by atoms with E-state index in [9.17, 15) is 4.79 Å². The molecule has 0 aliphatic carbocycles. The summed E-state index contributed by atoms with van der Waals surface area (Å²) in [5.41, 5.74) is 1.84. The van der Waals surface area contributed by atoms with Gasteiger partial charge in [0.2, 0.25) is 0 Å². The van der Waals surface area contributed by atoms with Crippen LogP contribution in [0, 0.1) is 0 Å². The van der Waals surface area contributed by atoms with Crippen molar-refractivity contribution in [1.82, 2.24) is 9.97 Å². The van der Waals surface area contributed by atoms with Crippen LogP contribution in [0.2, 0.25) is 0 Å². The second-order valence-corrected chi connectivity index (χ2v) is 12.2. The largest absolute Gasteiger partial charge is 0.494 e. The Bertz CT molecular complexity index is 1110. The molecule has 1 aromatic carbocycles. The summed E-state index contributed by atoms with van der Waals surface area (Å²) in [5.74, 6) is 1.30. The molecule has 1 atom stereocenters. The first-order chi connectivity index (χ1) is 20.1. The van der Waals surface area contributed by atoms with Crippen LogP contribution >= 0.6 is 11.3 Å². The fourth-order valence-electron chi connectivity index (χ4n) is 4.85. The van der Waals surface area contributed by atoms with E-state index in [1.54, 1.807) is 0 Å². The lowest BCUT2D eigenvalue weighted by Crippen LogP contribution is -2.14. The van der Waals surface area contributed by atoms with Crippen LogP contribution in [0.4, 0.5) is 0 Å². The van der Waals surface area contributed by atoms with E-state index in [0.717, 1.165) is 47.6 Å². The number of aromatic nitrogens is 2. The minimum absolute atomic E-state index is 0.0657. The van der Waals surface area contributed by atoms with Gasteiger partial charge in [-0.3, -0.25) is 0 Å². The molecule has 0 N–H and O–H groups in total. The summed E-state index contributed by atoms with van der Waals surface area (Å²) in [6.07, 6.45) is 22.4. The van der Waals surface area contributed by atoms with Crippen molar-refractivity contribution in [2.75, 3.05) is 6.61 Å². The van der Waals surface area contributed by atoms with Crippen molar-refractivity contribution in [2.24, 2.45) is 0 Å². The summed E-state index contributed by atoms with van der Waals surface area (Å²) in [6, 6.07) is 11.8. The van der Waals surface area contributed by atoms with Gasteiger partial charge in [-0.25, -0.2) is 14.8 Å². The first-order valence-electron chi connectivity index (χ1n) is 16.0. The highest BCUT2D eigenvalue weighted by molar-refractivity contribution is 7.17. The summed E-state index contributed by atoms with van der Waals surface area (Å²) < 4.78 is 11.6. The molecule has 1 unspecified atom stereocenters. The van der Waals surface area contributed by atoms with Crippen molar-refractivity contribution in [1.29, 1.82) is 0 Å². The lowest BCUT2D eigenvalue weighted by atomic mass is 10.1. The molecule has 0 fully saturated rings. The summed E-state index contributed by atoms with van der Waals surface area (Å²) in [6.45, 7) is 7.20. The number of esters is 1. The maximum absolute atomic E-state index is 12.6. The topological polar surface area (TPSA) is 61.3 Å². The second kappa shape index (κ2) is 19.4. The van der Waals surface area contributed by atoms with Gasteiger partial charge in [0.05, 0.1) is 12.7 Å². The lowest BCUT2D eigenvalue weighted by Gasteiger charge is -2.12. The van der Waals surface area contributed by atoms with Gasteiger partial charge < -0.3 is 9.47 Å². The van der Waals surface area contributed by atoms with Gasteiger partial charge in [-0.2, -0.15) is 0 Å². The van der Waals surface area contributed by atoms with Gasteiger partial charge in [0, 0.05) is 28.4 Å². The molecule has 3 aromatic rings. The molecule has 0 aliphatic rings. The SMILES string of the molecule is CCCCCCCCCCCCOc1ccc(-c2ncc(-c3ccc(C(=O)OC(C)CCCCCC)s3)cn2)cc1. The molecular weight excluding hydrogens is 528 g/mol. The Morgan fingerprint density at radius 3 is 1.95 bits per heavy atom. The van der Waals surface area contributed by atoms with E-state index in [2.05, 4.69) is 23.8 Å². The monoisotopic (exact) mass is 578 g/mol. The molecule has 3 rings (SSSR count). The van der Waals surface area contributed by atoms with Crippen molar-refractivity contribution in [3.05, 3.63) is 53.7 Å². The summed E-state index contributed by atoms with van der Waals surface area (Å²) in [4.78, 5) is 23.3. The van der Waals surface area contributed by atoms with E-state index in [0.29, 0.717) is 10.7 Å². The number of rotatable bonds is 21. The van der Waals surface area contributed by atoms with E-state index in [4.69, 9.17) is 9.47 Å². The number of hydrogen-bond donors (Lipinski definition) is 0. The van der Waals surface area contributed by atoms with Crippen LogP contribution in [0.5, 0.6) is 5.75 Å². The Balaban J connectivity index is 1.38. The highest BCUT2D eigenvalue weighted by Crippen LogP contribution is 2.29. The van der Waals surface area contributed by atoms with Gasteiger partial charge in [0.25, 0.3) is 0 Å². The first-order valence-corrected chi connectivity index (χ1v) is 16.8. The maximum atomic E-state index is 12.6. The maximum Gasteiger partial charge on any atom is 0.348 e. The molecule has 2 aromatic heterocycles. The lowest BCUT2D eigenvalue weighted by molar-refractivity contribution is 0.0325. The van der Waals surface area contributed by atoms with Crippen molar-refractivity contribution < 1.29 is 14.3 Å². The molecule has 6 heteroatoms. The number of ether oxygens (including phenoxy) is 2. The minimum atomic E-state index is -0.253. The highest BCUT2D eigenvalue weighted by Gasteiger charge is 2.15. The van der Waals surface area contributed by atoms with Gasteiger partial charge in [0.1, 0.15) is 10.6 Å². The number of hydrogen-bond acceptors (Lipinski definition) is 6. The number of nitrogens with zero attached hydrogens (tertiary/aromatic N) is 2. The van der Waals surface area contributed by atoms with Crippen LogP contribution in [0.1, 0.15) is 127 Å². The predicted octanol–water partition coefficient (Wildman–Crippen LogP) is 10.7. The van der Waals surface area contributed by atoms with Crippen molar-refractivity contribution >= 4 is 17.3 Å². The Morgan fingerprint density at radius 1 is 0.732 bits per heavy atom. The van der Waals surface area contributed by atoms with Crippen LogP contribution < -0.4 is 4.74 Å². The van der Waals surface area contributed by atoms with Crippen LogP contribution in [-0.4, -0.2) is 28.6 Å². The zero-order valence-electron chi connectivity index (χ0n) is 25.5. The number of unbranched alkanes of at least 4 members (excludes halogenated alkanes) is 12. The molecule has 0 saturated carbocycles. The van der Waals surface area contributed by atoms with E-state index in [1.807, 2.05) is 55.7 Å². The third-order valence-corrected chi connectivity index (χ3v) is 8.51. The zero-order chi connectivity index (χ0) is 29.1. The summed E-state index contributed by atoms with van der Waals surface area (Å²) >= 11 is 1.42. The number of carbonyl (C=O) groups excluding carboxylic acids is 1. The van der Waals surface area contributed by atoms with E-state index in [1.165, 1.54) is 88.4 Å². The van der Waals surface area contributed by atoms with Gasteiger partial charge in [-0.15, -0.1) is 11.3 Å². The van der Waals surface area contributed by atoms with Crippen LogP contribution in [0.15, 0.2) is 48.8 Å². The van der Waals surface area contributed by atoms with Gasteiger partial charge in [-0.1, -0.05) is 90.9 Å². The fraction of sp³-hybridized carbons (Fsp3) is 0.571. The van der Waals surface area contributed by atoms with Crippen molar-refractivity contribution in [3.63, 3.8) is 0 Å². The van der Waals surface area contributed by atoms with E-state index >= 15 is 0 Å². The third kappa shape index (κ3) is 12.4. The number of benzene rings is 1. The first kappa shape index (κ1) is 32.8. The molecule has 224 valence electrons.